The van der Waals surface area contributed by atoms with Gasteiger partial charge in [-0.15, -0.1) is 0 Å². The van der Waals surface area contributed by atoms with E-state index >= 15 is 0 Å². The number of rotatable bonds is 7. The lowest BCUT2D eigenvalue weighted by Gasteiger charge is -2.18. The van der Waals surface area contributed by atoms with E-state index in [2.05, 4.69) is 19.2 Å². The topological polar surface area (TPSA) is 21.3 Å². The summed E-state index contributed by atoms with van der Waals surface area (Å²) in [5.41, 5.74) is 0.989. The van der Waals surface area contributed by atoms with Crippen LogP contribution < -0.4 is 10.1 Å². The van der Waals surface area contributed by atoms with Crippen molar-refractivity contribution in [1.29, 1.82) is 0 Å². The van der Waals surface area contributed by atoms with Gasteiger partial charge >= 0.3 is 0 Å². The Labute approximate surface area is 109 Å². The molecule has 0 spiro atoms. The van der Waals surface area contributed by atoms with E-state index < -0.39 is 0 Å². The van der Waals surface area contributed by atoms with Crippen LogP contribution in [0.15, 0.2) is 18.2 Å². The highest BCUT2D eigenvalue weighted by molar-refractivity contribution is 6.30. The fourth-order valence-electron chi connectivity index (χ4n) is 1.74. The Kier molecular flexibility index (Phi) is 6.20. The maximum Gasteiger partial charge on any atom is 0.142 e. The molecular formula is C14H22ClNO. The van der Waals surface area contributed by atoms with Crippen LogP contribution in [-0.2, 0) is 0 Å². The minimum Gasteiger partial charge on any atom is -0.492 e. The first kappa shape index (κ1) is 14.2. The zero-order chi connectivity index (χ0) is 12.7. The van der Waals surface area contributed by atoms with Crippen molar-refractivity contribution in [3.05, 3.63) is 23.2 Å². The zero-order valence-electron chi connectivity index (χ0n) is 10.9. The molecule has 0 radical (unpaired) electrons. The number of halogens is 1. The molecular weight excluding hydrogens is 234 g/mol. The van der Waals surface area contributed by atoms with Gasteiger partial charge in [-0.25, -0.2) is 0 Å². The van der Waals surface area contributed by atoms with Crippen LogP contribution in [-0.4, -0.2) is 12.6 Å². The lowest BCUT2D eigenvalue weighted by Crippen LogP contribution is -2.15. The molecule has 1 atom stereocenters. The van der Waals surface area contributed by atoms with Crippen molar-refractivity contribution in [3.8, 4) is 5.75 Å². The second kappa shape index (κ2) is 7.44. The maximum atomic E-state index is 6.01. The van der Waals surface area contributed by atoms with Gasteiger partial charge in [-0.1, -0.05) is 31.4 Å². The molecule has 0 aliphatic heterocycles. The predicted octanol–water partition coefficient (Wildman–Crippen LogP) is 4.73. The van der Waals surface area contributed by atoms with Gasteiger partial charge < -0.3 is 10.1 Å². The molecule has 96 valence electrons. The molecule has 1 unspecified atom stereocenters. The quantitative estimate of drug-likeness (QED) is 0.761. The van der Waals surface area contributed by atoms with Gasteiger partial charge in [0.05, 0.1) is 12.3 Å². The third-order valence-electron chi connectivity index (χ3n) is 2.63. The van der Waals surface area contributed by atoms with Crippen LogP contribution in [0.3, 0.4) is 0 Å². The van der Waals surface area contributed by atoms with Gasteiger partial charge in [0.2, 0.25) is 0 Å². The van der Waals surface area contributed by atoms with Crippen molar-refractivity contribution >= 4 is 17.3 Å². The Hall–Kier alpha value is -0.890. The Bertz CT molecular complexity index is 341. The van der Waals surface area contributed by atoms with Gasteiger partial charge in [-0.2, -0.15) is 0 Å². The number of ether oxygens (including phenoxy) is 1. The molecule has 2 nitrogen and oxygen atoms in total. The summed E-state index contributed by atoms with van der Waals surface area (Å²) in [6.45, 7) is 7.04. The first-order valence-electron chi connectivity index (χ1n) is 6.36. The first-order valence-corrected chi connectivity index (χ1v) is 6.74. The molecule has 0 saturated carbocycles. The van der Waals surface area contributed by atoms with E-state index in [1.165, 1.54) is 12.8 Å². The average Bonchev–Trinajstić information content (AvgIpc) is 2.30. The lowest BCUT2D eigenvalue weighted by atomic mass is 10.1. The van der Waals surface area contributed by atoms with Crippen molar-refractivity contribution in [2.45, 2.75) is 46.1 Å². The number of anilines is 1. The van der Waals surface area contributed by atoms with Gasteiger partial charge in [0.25, 0.3) is 0 Å². The van der Waals surface area contributed by atoms with Crippen molar-refractivity contribution in [2.24, 2.45) is 0 Å². The third kappa shape index (κ3) is 4.86. The molecule has 1 N–H and O–H groups in total. The summed E-state index contributed by atoms with van der Waals surface area (Å²) in [6.07, 6.45) is 3.62. The second-order valence-electron chi connectivity index (χ2n) is 4.26. The monoisotopic (exact) mass is 255 g/mol. The smallest absolute Gasteiger partial charge is 0.142 e. The van der Waals surface area contributed by atoms with E-state index in [9.17, 15) is 0 Å². The molecule has 0 aromatic heterocycles. The molecule has 17 heavy (non-hydrogen) atoms. The molecule has 3 heteroatoms. The van der Waals surface area contributed by atoms with Gasteiger partial charge in [-0.3, -0.25) is 0 Å². The van der Waals surface area contributed by atoms with Crippen molar-refractivity contribution in [2.75, 3.05) is 11.9 Å². The SMILES string of the molecule is CCCCC(C)Nc1cc(Cl)ccc1OCC. The van der Waals surface area contributed by atoms with Gasteiger partial charge in [0, 0.05) is 11.1 Å². The highest BCUT2D eigenvalue weighted by Gasteiger charge is 2.07. The maximum absolute atomic E-state index is 6.01. The molecule has 1 aromatic rings. The number of hydrogen-bond acceptors (Lipinski definition) is 2. The highest BCUT2D eigenvalue weighted by atomic mass is 35.5. The zero-order valence-corrected chi connectivity index (χ0v) is 11.7. The van der Waals surface area contributed by atoms with Crippen LogP contribution in [0.1, 0.15) is 40.0 Å². The summed E-state index contributed by atoms with van der Waals surface area (Å²) < 4.78 is 5.58. The summed E-state index contributed by atoms with van der Waals surface area (Å²) >= 11 is 6.01. The largest absolute Gasteiger partial charge is 0.492 e. The van der Waals surface area contributed by atoms with Crippen LogP contribution in [0, 0.1) is 0 Å². The molecule has 0 saturated heterocycles. The minimum absolute atomic E-state index is 0.438. The number of hydrogen-bond donors (Lipinski definition) is 1. The molecule has 0 aliphatic carbocycles. The van der Waals surface area contributed by atoms with E-state index in [0.717, 1.165) is 22.9 Å². The summed E-state index contributed by atoms with van der Waals surface area (Å²) in [7, 11) is 0. The fraction of sp³-hybridized carbons (Fsp3) is 0.571. The van der Waals surface area contributed by atoms with Crippen LogP contribution in [0.5, 0.6) is 5.75 Å². The van der Waals surface area contributed by atoms with E-state index in [-0.39, 0.29) is 0 Å². The lowest BCUT2D eigenvalue weighted by molar-refractivity contribution is 0.341. The average molecular weight is 256 g/mol. The van der Waals surface area contributed by atoms with Crippen LogP contribution >= 0.6 is 11.6 Å². The molecule has 0 aliphatic rings. The predicted molar refractivity (Wildman–Crippen MR) is 75.2 cm³/mol. The van der Waals surface area contributed by atoms with E-state index in [4.69, 9.17) is 16.3 Å². The summed E-state index contributed by atoms with van der Waals surface area (Å²) in [6, 6.07) is 6.14. The Morgan fingerprint density at radius 1 is 1.35 bits per heavy atom. The second-order valence-corrected chi connectivity index (χ2v) is 4.70. The molecule has 0 fully saturated rings. The Morgan fingerprint density at radius 2 is 2.12 bits per heavy atom. The number of nitrogens with one attached hydrogen (secondary N) is 1. The Balaban J connectivity index is 2.69. The van der Waals surface area contributed by atoms with Crippen molar-refractivity contribution < 1.29 is 4.74 Å². The van der Waals surface area contributed by atoms with E-state index in [1.807, 2.05) is 25.1 Å². The third-order valence-corrected chi connectivity index (χ3v) is 2.87. The standard InChI is InChI=1S/C14H22ClNO/c1-4-6-7-11(3)16-13-10-12(15)8-9-14(13)17-5-2/h8-11,16H,4-7H2,1-3H3. The van der Waals surface area contributed by atoms with Crippen LogP contribution in [0.4, 0.5) is 5.69 Å². The molecule has 1 aromatic carbocycles. The normalized spacial score (nSPS) is 12.2. The molecule has 1 rings (SSSR count). The first-order chi connectivity index (χ1) is 8.17. The summed E-state index contributed by atoms with van der Waals surface area (Å²) in [5.74, 6) is 0.875. The van der Waals surface area contributed by atoms with Crippen molar-refractivity contribution in [3.63, 3.8) is 0 Å². The van der Waals surface area contributed by atoms with Crippen molar-refractivity contribution in [1.82, 2.24) is 0 Å². The molecule has 0 amide bonds. The summed E-state index contributed by atoms with van der Waals surface area (Å²) in [4.78, 5) is 0. The minimum atomic E-state index is 0.438. The fourth-order valence-corrected chi connectivity index (χ4v) is 1.92. The van der Waals surface area contributed by atoms with E-state index in [1.54, 1.807) is 0 Å². The molecule has 0 heterocycles. The van der Waals surface area contributed by atoms with Gasteiger partial charge in [-0.05, 0) is 38.5 Å². The number of benzene rings is 1. The highest BCUT2D eigenvalue weighted by Crippen LogP contribution is 2.29. The Morgan fingerprint density at radius 3 is 2.76 bits per heavy atom. The van der Waals surface area contributed by atoms with E-state index in [0.29, 0.717) is 12.6 Å². The number of unbranched alkanes of at least 4 members (excludes halogenated alkanes) is 1. The van der Waals surface area contributed by atoms with Gasteiger partial charge in [0.15, 0.2) is 0 Å². The van der Waals surface area contributed by atoms with Crippen LogP contribution in [0.25, 0.3) is 0 Å². The molecule has 0 bridgehead atoms. The summed E-state index contributed by atoms with van der Waals surface area (Å²) in [5, 5.41) is 4.20. The van der Waals surface area contributed by atoms with Gasteiger partial charge in [0.1, 0.15) is 5.75 Å². The van der Waals surface area contributed by atoms with Crippen LogP contribution in [0.2, 0.25) is 5.02 Å².